The average Bonchev–Trinajstić information content (AvgIpc) is 3.25. The summed E-state index contributed by atoms with van der Waals surface area (Å²) in [4.78, 5) is 15.3. The predicted molar refractivity (Wildman–Crippen MR) is 117 cm³/mol. The Balaban J connectivity index is 1.38. The van der Waals surface area contributed by atoms with Gasteiger partial charge in [-0.1, -0.05) is 18.2 Å². The second kappa shape index (κ2) is 8.18. The Morgan fingerprint density at radius 1 is 1.00 bits per heavy atom. The van der Waals surface area contributed by atoms with Gasteiger partial charge in [0.05, 0.1) is 11.3 Å². The fraction of sp³-hybridized carbons (Fsp3) is 0.208. The monoisotopic (exact) mass is 415 g/mol. The van der Waals surface area contributed by atoms with Gasteiger partial charge in [-0.15, -0.1) is 10.2 Å². The molecule has 0 saturated carbocycles. The largest absolute Gasteiger partial charge is 0.355 e. The van der Waals surface area contributed by atoms with Crippen LogP contribution in [-0.2, 0) is 0 Å². The van der Waals surface area contributed by atoms with Crippen molar-refractivity contribution in [3.05, 3.63) is 90.1 Å². The fourth-order valence-corrected chi connectivity index (χ4v) is 4.15. The third kappa shape index (κ3) is 3.86. The molecule has 7 heteroatoms. The molecular formula is C24H22FN5O. The maximum atomic E-state index is 13.4. The number of aromatic nitrogens is 3. The molecule has 1 amide bonds. The number of pyridine rings is 1. The topological polar surface area (TPSA) is 62.5 Å². The highest BCUT2D eigenvalue weighted by molar-refractivity contribution is 6.00. The molecule has 1 fully saturated rings. The first kappa shape index (κ1) is 19.2. The van der Waals surface area contributed by atoms with Gasteiger partial charge in [0.1, 0.15) is 11.6 Å². The Morgan fingerprint density at radius 3 is 2.68 bits per heavy atom. The lowest BCUT2D eigenvalue weighted by Crippen LogP contribution is -2.39. The number of rotatable bonds is 4. The molecule has 1 aliphatic rings. The van der Waals surface area contributed by atoms with Gasteiger partial charge in [0, 0.05) is 30.9 Å². The lowest BCUT2D eigenvalue weighted by Gasteiger charge is -2.32. The molecule has 2 aromatic carbocycles. The second-order valence-corrected chi connectivity index (χ2v) is 7.75. The van der Waals surface area contributed by atoms with Crippen LogP contribution in [0.1, 0.15) is 34.9 Å². The van der Waals surface area contributed by atoms with E-state index in [1.807, 2.05) is 58.0 Å². The van der Waals surface area contributed by atoms with E-state index in [-0.39, 0.29) is 17.6 Å². The maximum Gasteiger partial charge on any atom is 0.255 e. The number of carbonyl (C=O) groups excluding carboxylic acids is 1. The summed E-state index contributed by atoms with van der Waals surface area (Å²) in [6, 6.07) is 19.4. The Labute approximate surface area is 179 Å². The number of hydrogen-bond acceptors (Lipinski definition) is 4. The van der Waals surface area contributed by atoms with Gasteiger partial charge in [0.25, 0.3) is 5.91 Å². The van der Waals surface area contributed by atoms with Crippen molar-refractivity contribution in [2.24, 2.45) is 0 Å². The van der Waals surface area contributed by atoms with Crippen molar-refractivity contribution >= 4 is 22.9 Å². The maximum absolute atomic E-state index is 13.4. The molecule has 1 N–H and O–H groups in total. The molecule has 6 nitrogen and oxygen atoms in total. The summed E-state index contributed by atoms with van der Waals surface area (Å²) in [5.74, 6) is 0.706. The summed E-state index contributed by atoms with van der Waals surface area (Å²) in [5, 5.41) is 11.9. The molecule has 1 saturated heterocycles. The quantitative estimate of drug-likeness (QED) is 0.528. The molecule has 5 rings (SSSR count). The number of para-hydroxylation sites is 1. The summed E-state index contributed by atoms with van der Waals surface area (Å²) in [6.07, 6.45) is 3.84. The molecule has 3 heterocycles. The minimum Gasteiger partial charge on any atom is -0.355 e. The summed E-state index contributed by atoms with van der Waals surface area (Å²) < 4.78 is 15.2. The van der Waals surface area contributed by atoms with Crippen LogP contribution >= 0.6 is 0 Å². The summed E-state index contributed by atoms with van der Waals surface area (Å²) in [5.41, 5.74) is 2.84. The molecule has 0 radical (unpaired) electrons. The lowest BCUT2D eigenvalue weighted by molar-refractivity contribution is 0.0705. The predicted octanol–water partition coefficient (Wildman–Crippen LogP) is 4.63. The number of anilines is 2. The Morgan fingerprint density at radius 2 is 1.81 bits per heavy atom. The summed E-state index contributed by atoms with van der Waals surface area (Å²) in [7, 11) is 0. The first-order valence-corrected chi connectivity index (χ1v) is 10.4. The van der Waals surface area contributed by atoms with Crippen LogP contribution in [0.4, 0.5) is 15.8 Å². The van der Waals surface area contributed by atoms with Crippen LogP contribution in [0, 0.1) is 5.82 Å². The van der Waals surface area contributed by atoms with Crippen molar-refractivity contribution in [3.8, 4) is 0 Å². The van der Waals surface area contributed by atoms with E-state index in [2.05, 4.69) is 15.5 Å². The molecule has 4 aromatic rings. The minimum atomic E-state index is -0.296. The number of amides is 1. The van der Waals surface area contributed by atoms with Crippen LogP contribution in [0.15, 0.2) is 72.9 Å². The molecule has 156 valence electrons. The van der Waals surface area contributed by atoms with Crippen molar-refractivity contribution in [2.45, 2.75) is 18.8 Å². The number of nitrogens with one attached hydrogen (secondary N) is 1. The van der Waals surface area contributed by atoms with E-state index >= 15 is 0 Å². The van der Waals surface area contributed by atoms with Crippen LogP contribution in [-0.4, -0.2) is 38.5 Å². The summed E-state index contributed by atoms with van der Waals surface area (Å²) >= 11 is 0. The van der Waals surface area contributed by atoms with Gasteiger partial charge in [0.15, 0.2) is 5.65 Å². The zero-order valence-electron chi connectivity index (χ0n) is 16.9. The second-order valence-electron chi connectivity index (χ2n) is 7.75. The van der Waals surface area contributed by atoms with E-state index in [4.69, 9.17) is 0 Å². The van der Waals surface area contributed by atoms with E-state index < -0.39 is 0 Å². The van der Waals surface area contributed by atoms with E-state index in [0.29, 0.717) is 24.3 Å². The van der Waals surface area contributed by atoms with E-state index in [9.17, 15) is 9.18 Å². The van der Waals surface area contributed by atoms with Crippen LogP contribution in [0.5, 0.6) is 0 Å². The molecule has 1 aliphatic heterocycles. The van der Waals surface area contributed by atoms with Gasteiger partial charge in [-0.3, -0.25) is 9.20 Å². The third-order valence-electron chi connectivity index (χ3n) is 5.69. The van der Waals surface area contributed by atoms with Crippen LogP contribution in [0.3, 0.4) is 0 Å². The van der Waals surface area contributed by atoms with E-state index in [1.54, 1.807) is 12.1 Å². The number of nitrogens with zero attached hydrogens (tertiary/aromatic N) is 4. The van der Waals surface area contributed by atoms with Crippen LogP contribution < -0.4 is 5.32 Å². The molecule has 0 spiro atoms. The molecule has 31 heavy (non-hydrogen) atoms. The smallest absolute Gasteiger partial charge is 0.255 e. The van der Waals surface area contributed by atoms with Gasteiger partial charge in [-0.05, 0) is 61.4 Å². The number of benzene rings is 2. The van der Waals surface area contributed by atoms with Crippen LogP contribution in [0.25, 0.3) is 5.65 Å². The highest BCUT2D eigenvalue weighted by Crippen LogP contribution is 2.29. The van der Waals surface area contributed by atoms with Gasteiger partial charge in [-0.2, -0.15) is 0 Å². The average molecular weight is 415 g/mol. The van der Waals surface area contributed by atoms with Gasteiger partial charge in [-0.25, -0.2) is 4.39 Å². The van der Waals surface area contributed by atoms with Crippen molar-refractivity contribution in [1.82, 2.24) is 19.5 Å². The Hall–Kier alpha value is -3.74. The standard InChI is InChI=1S/C24H22FN5O/c25-18-10-12-19(13-11-18)26-21-8-2-1-7-20(21)24(31)29-14-5-6-17(16-29)23-28-27-22-9-3-4-15-30(22)23/h1-4,7-13,15,17,26H,5-6,14,16H2/t17-/m0/s1. The normalized spacial score (nSPS) is 16.4. The van der Waals surface area contributed by atoms with Gasteiger partial charge < -0.3 is 10.2 Å². The zero-order chi connectivity index (χ0) is 21.2. The Bertz CT molecular complexity index is 1220. The summed E-state index contributed by atoms with van der Waals surface area (Å²) in [6.45, 7) is 1.30. The fourth-order valence-electron chi connectivity index (χ4n) is 4.15. The number of fused-ring (bicyclic) bond motifs is 1. The van der Waals surface area contributed by atoms with E-state index in [0.717, 1.165) is 30.0 Å². The van der Waals surface area contributed by atoms with Gasteiger partial charge in [0.2, 0.25) is 0 Å². The number of halogens is 1. The number of piperidine rings is 1. The first-order valence-electron chi connectivity index (χ1n) is 10.4. The zero-order valence-corrected chi connectivity index (χ0v) is 16.9. The van der Waals surface area contributed by atoms with Crippen molar-refractivity contribution in [1.29, 1.82) is 0 Å². The Kier molecular flexibility index (Phi) is 5.08. The highest BCUT2D eigenvalue weighted by atomic mass is 19.1. The molecule has 0 aliphatic carbocycles. The molecular weight excluding hydrogens is 393 g/mol. The molecule has 1 atom stereocenters. The SMILES string of the molecule is O=C(c1ccccc1Nc1ccc(F)cc1)N1CCC[C@H](c2nnc3ccccn23)C1. The van der Waals surface area contributed by atoms with Crippen LogP contribution in [0.2, 0.25) is 0 Å². The number of hydrogen-bond donors (Lipinski definition) is 1. The lowest BCUT2D eigenvalue weighted by atomic mass is 9.96. The third-order valence-corrected chi connectivity index (χ3v) is 5.69. The van der Waals surface area contributed by atoms with Crippen molar-refractivity contribution in [2.75, 3.05) is 18.4 Å². The highest BCUT2D eigenvalue weighted by Gasteiger charge is 2.29. The van der Waals surface area contributed by atoms with Crippen molar-refractivity contribution < 1.29 is 9.18 Å². The number of carbonyl (C=O) groups is 1. The molecule has 0 unspecified atom stereocenters. The first-order chi connectivity index (χ1) is 15.2. The van der Waals surface area contributed by atoms with Crippen molar-refractivity contribution in [3.63, 3.8) is 0 Å². The molecule has 2 aromatic heterocycles. The molecule has 0 bridgehead atoms. The van der Waals surface area contributed by atoms with Gasteiger partial charge >= 0.3 is 0 Å². The number of likely N-dealkylation sites (tertiary alicyclic amines) is 1. The minimum absolute atomic E-state index is 0.0243. The van der Waals surface area contributed by atoms with E-state index in [1.165, 1.54) is 12.1 Å².